The van der Waals surface area contributed by atoms with E-state index in [4.69, 9.17) is 0 Å². The Morgan fingerprint density at radius 3 is 2.15 bits per heavy atom. The molecule has 0 aliphatic rings. The van der Waals surface area contributed by atoms with Gasteiger partial charge in [0, 0.05) is 29.8 Å². The molecule has 0 unspecified atom stereocenters. The zero-order valence-corrected chi connectivity index (χ0v) is 15.0. The summed E-state index contributed by atoms with van der Waals surface area (Å²) in [5, 5.41) is 0.919. The van der Waals surface area contributed by atoms with Crippen LogP contribution < -0.4 is 10.9 Å². The van der Waals surface area contributed by atoms with Crippen molar-refractivity contribution in [2.45, 2.75) is 4.90 Å². The number of fused-ring (bicyclic) bond motifs is 1. The van der Waals surface area contributed by atoms with Gasteiger partial charge in [-0.1, -0.05) is 18.2 Å². The van der Waals surface area contributed by atoms with Gasteiger partial charge in [0.15, 0.2) is 9.84 Å². The molecule has 0 aliphatic carbocycles. The molecule has 0 saturated carbocycles. The number of nitrogens with one attached hydrogen (secondary N) is 2. The van der Waals surface area contributed by atoms with Gasteiger partial charge in [0.2, 0.25) is 0 Å². The first kappa shape index (κ1) is 17.7. The summed E-state index contributed by atoms with van der Waals surface area (Å²) in [6.07, 6.45) is 1.09. The van der Waals surface area contributed by atoms with Crippen LogP contribution in [0.15, 0.2) is 59.5 Å². The molecule has 0 atom stereocenters. The van der Waals surface area contributed by atoms with Crippen molar-refractivity contribution in [1.29, 1.82) is 0 Å². The minimum Gasteiger partial charge on any atom is -0.340 e. The molecule has 3 rings (SSSR count). The molecule has 134 valence electrons. The van der Waals surface area contributed by atoms with E-state index in [9.17, 15) is 18.0 Å². The van der Waals surface area contributed by atoms with Gasteiger partial charge in [-0.25, -0.2) is 8.42 Å². The second-order valence-corrected chi connectivity index (χ2v) is 7.87. The standard InChI is InChI=1S/C18H17N3O4S/c1-21-15-6-4-3-5-13(15)11-16(21)18(23)20-19-17(22)12-7-9-14(10-8-12)26(2,24)25/h3-11H,1-2H3,(H,19,22)(H,20,23). The largest absolute Gasteiger partial charge is 0.340 e. The van der Waals surface area contributed by atoms with Gasteiger partial charge in [-0.15, -0.1) is 0 Å². The van der Waals surface area contributed by atoms with Crippen LogP contribution in [0.4, 0.5) is 0 Å². The summed E-state index contributed by atoms with van der Waals surface area (Å²) in [4.78, 5) is 24.6. The fourth-order valence-corrected chi connectivity index (χ4v) is 3.24. The summed E-state index contributed by atoms with van der Waals surface area (Å²) >= 11 is 0. The third kappa shape index (κ3) is 3.45. The van der Waals surface area contributed by atoms with E-state index in [1.54, 1.807) is 17.7 Å². The van der Waals surface area contributed by atoms with E-state index in [-0.39, 0.29) is 10.5 Å². The summed E-state index contributed by atoms with van der Waals surface area (Å²) in [7, 11) is -1.56. The molecule has 7 nitrogen and oxygen atoms in total. The quantitative estimate of drug-likeness (QED) is 0.684. The van der Waals surface area contributed by atoms with Crippen LogP contribution in [-0.4, -0.2) is 31.1 Å². The van der Waals surface area contributed by atoms with Crippen molar-refractivity contribution in [3.05, 3.63) is 65.9 Å². The van der Waals surface area contributed by atoms with E-state index in [0.717, 1.165) is 17.2 Å². The Hall–Kier alpha value is -3.13. The number of rotatable bonds is 3. The Balaban J connectivity index is 1.70. The average molecular weight is 371 g/mol. The molecule has 0 aliphatic heterocycles. The number of hydrogen-bond donors (Lipinski definition) is 2. The zero-order chi connectivity index (χ0) is 18.9. The van der Waals surface area contributed by atoms with E-state index >= 15 is 0 Å². The Labute approximate surface area is 150 Å². The van der Waals surface area contributed by atoms with E-state index in [1.165, 1.54) is 24.3 Å². The van der Waals surface area contributed by atoms with Crippen LogP contribution in [0, 0.1) is 0 Å². The van der Waals surface area contributed by atoms with Gasteiger partial charge in [0.25, 0.3) is 11.8 Å². The van der Waals surface area contributed by atoms with Gasteiger partial charge >= 0.3 is 0 Å². The van der Waals surface area contributed by atoms with Crippen molar-refractivity contribution in [2.24, 2.45) is 7.05 Å². The number of benzene rings is 2. The van der Waals surface area contributed by atoms with Crippen LogP contribution in [0.3, 0.4) is 0 Å². The van der Waals surface area contributed by atoms with Crippen molar-refractivity contribution < 1.29 is 18.0 Å². The first-order chi connectivity index (χ1) is 12.3. The van der Waals surface area contributed by atoms with Crippen LogP contribution >= 0.6 is 0 Å². The molecule has 2 N–H and O–H groups in total. The number of carbonyl (C=O) groups is 2. The fraction of sp³-hybridized carbons (Fsp3) is 0.111. The zero-order valence-electron chi connectivity index (χ0n) is 14.2. The first-order valence-electron chi connectivity index (χ1n) is 7.72. The number of para-hydroxylation sites is 1. The highest BCUT2D eigenvalue weighted by molar-refractivity contribution is 7.90. The van der Waals surface area contributed by atoms with E-state index < -0.39 is 21.7 Å². The smallest absolute Gasteiger partial charge is 0.286 e. The summed E-state index contributed by atoms with van der Waals surface area (Å²) in [5.74, 6) is -0.998. The molecule has 1 heterocycles. The van der Waals surface area contributed by atoms with Crippen molar-refractivity contribution in [3.63, 3.8) is 0 Å². The summed E-state index contributed by atoms with van der Waals surface area (Å²) < 4.78 is 24.6. The van der Waals surface area contributed by atoms with Crippen molar-refractivity contribution in [1.82, 2.24) is 15.4 Å². The summed E-state index contributed by atoms with van der Waals surface area (Å²) in [5.41, 5.74) is 6.23. The number of hydrazine groups is 1. The molecule has 0 fully saturated rings. The van der Waals surface area contributed by atoms with Crippen molar-refractivity contribution in [3.8, 4) is 0 Å². The number of hydrogen-bond acceptors (Lipinski definition) is 4. The number of aryl methyl sites for hydroxylation is 1. The average Bonchev–Trinajstić information content (AvgIpc) is 2.96. The molecule has 3 aromatic rings. The maximum absolute atomic E-state index is 12.3. The SMILES string of the molecule is Cn1c(C(=O)NNC(=O)c2ccc(S(C)(=O)=O)cc2)cc2ccccc21. The maximum Gasteiger partial charge on any atom is 0.286 e. The van der Waals surface area contributed by atoms with Crippen LogP contribution in [0.2, 0.25) is 0 Å². The number of sulfone groups is 1. The fourth-order valence-electron chi connectivity index (χ4n) is 2.61. The number of amides is 2. The maximum atomic E-state index is 12.3. The van der Waals surface area contributed by atoms with E-state index in [0.29, 0.717) is 5.69 Å². The van der Waals surface area contributed by atoms with Gasteiger partial charge in [0.05, 0.1) is 4.90 Å². The van der Waals surface area contributed by atoms with Gasteiger partial charge in [-0.2, -0.15) is 0 Å². The highest BCUT2D eigenvalue weighted by atomic mass is 32.2. The highest BCUT2D eigenvalue weighted by Gasteiger charge is 2.15. The van der Waals surface area contributed by atoms with Gasteiger partial charge in [-0.3, -0.25) is 20.4 Å². The molecule has 0 saturated heterocycles. The van der Waals surface area contributed by atoms with Gasteiger partial charge < -0.3 is 4.57 Å². The van der Waals surface area contributed by atoms with Gasteiger partial charge in [0.1, 0.15) is 5.69 Å². The molecule has 2 aromatic carbocycles. The summed E-state index contributed by atoms with van der Waals surface area (Å²) in [6.45, 7) is 0. The van der Waals surface area contributed by atoms with Crippen LogP contribution in [0.5, 0.6) is 0 Å². The summed E-state index contributed by atoms with van der Waals surface area (Å²) in [6, 6.07) is 14.7. The second kappa shape index (κ2) is 6.64. The second-order valence-electron chi connectivity index (χ2n) is 5.85. The lowest BCUT2D eigenvalue weighted by Crippen LogP contribution is -2.42. The molecule has 26 heavy (non-hydrogen) atoms. The minimum absolute atomic E-state index is 0.119. The van der Waals surface area contributed by atoms with Crippen LogP contribution in [0.25, 0.3) is 10.9 Å². The van der Waals surface area contributed by atoms with E-state index in [2.05, 4.69) is 10.9 Å². The number of aromatic nitrogens is 1. The first-order valence-corrected chi connectivity index (χ1v) is 9.62. The van der Waals surface area contributed by atoms with Crippen LogP contribution in [0.1, 0.15) is 20.8 Å². The Kier molecular flexibility index (Phi) is 4.52. The lowest BCUT2D eigenvalue weighted by Gasteiger charge is -2.08. The van der Waals surface area contributed by atoms with Crippen LogP contribution in [-0.2, 0) is 16.9 Å². The monoisotopic (exact) mass is 371 g/mol. The lowest BCUT2D eigenvalue weighted by molar-refractivity contribution is 0.0842. The van der Waals surface area contributed by atoms with Crippen molar-refractivity contribution >= 4 is 32.6 Å². The van der Waals surface area contributed by atoms with Gasteiger partial charge in [-0.05, 0) is 36.4 Å². The lowest BCUT2D eigenvalue weighted by atomic mass is 10.2. The molecular weight excluding hydrogens is 354 g/mol. The molecule has 0 spiro atoms. The minimum atomic E-state index is -3.33. The molecule has 2 amide bonds. The molecule has 0 radical (unpaired) electrons. The molecule has 8 heteroatoms. The third-order valence-corrected chi connectivity index (χ3v) is 5.15. The Bertz CT molecular complexity index is 1100. The topological polar surface area (TPSA) is 97.3 Å². The molecule has 1 aromatic heterocycles. The molecule has 0 bridgehead atoms. The third-order valence-electron chi connectivity index (χ3n) is 4.02. The molecular formula is C18H17N3O4S. The van der Waals surface area contributed by atoms with Crippen molar-refractivity contribution in [2.75, 3.05) is 6.26 Å². The van der Waals surface area contributed by atoms with E-state index in [1.807, 2.05) is 24.3 Å². The Morgan fingerprint density at radius 2 is 1.54 bits per heavy atom. The Morgan fingerprint density at radius 1 is 0.923 bits per heavy atom. The number of carbonyl (C=O) groups excluding carboxylic acids is 2. The predicted molar refractivity (Wildman–Crippen MR) is 97.4 cm³/mol. The predicted octanol–water partition coefficient (Wildman–Crippen LogP) is 1.66. The number of nitrogens with zero attached hydrogens (tertiary/aromatic N) is 1. The normalized spacial score (nSPS) is 11.3. The highest BCUT2D eigenvalue weighted by Crippen LogP contribution is 2.18.